The summed E-state index contributed by atoms with van der Waals surface area (Å²) in [5.74, 6) is 0. The number of benzene rings is 1. The number of fused-ring (bicyclic) bond motifs is 1. The van der Waals surface area contributed by atoms with E-state index in [0.29, 0.717) is 0 Å². The third kappa shape index (κ3) is 1.04. The van der Waals surface area contributed by atoms with Crippen LogP contribution in [0.4, 0.5) is 11.4 Å². The lowest BCUT2D eigenvalue weighted by Gasteiger charge is -2.18. The molecule has 64 valence electrons. The molecule has 0 aromatic heterocycles. The van der Waals surface area contributed by atoms with E-state index in [2.05, 4.69) is 6.07 Å². The van der Waals surface area contributed by atoms with Gasteiger partial charge in [0.15, 0.2) is 0 Å². The predicted molar refractivity (Wildman–Crippen MR) is 51.9 cm³/mol. The summed E-state index contributed by atoms with van der Waals surface area (Å²) in [5, 5.41) is 0. The monoisotopic (exact) mass is 162 g/mol. The lowest BCUT2D eigenvalue weighted by Crippen LogP contribution is -2.08. The molecule has 0 aliphatic heterocycles. The topological polar surface area (TPSA) is 52.0 Å². The number of nitrogen functional groups attached to an aromatic ring is 2. The van der Waals surface area contributed by atoms with Gasteiger partial charge in [0.1, 0.15) is 0 Å². The molecule has 2 rings (SSSR count). The molecular weight excluding hydrogens is 148 g/mol. The van der Waals surface area contributed by atoms with Gasteiger partial charge in [0.05, 0.1) is 11.4 Å². The number of anilines is 2. The highest BCUT2D eigenvalue weighted by atomic mass is 14.7. The van der Waals surface area contributed by atoms with Gasteiger partial charge in [-0.2, -0.15) is 0 Å². The molecule has 0 bridgehead atoms. The summed E-state index contributed by atoms with van der Waals surface area (Å²) in [7, 11) is 0. The van der Waals surface area contributed by atoms with E-state index in [9.17, 15) is 0 Å². The standard InChI is InChI=1S/C10H14N2/c11-9-6-5-7-3-1-2-4-8(7)10(9)12/h5-6H,1-4,11-12H2. The van der Waals surface area contributed by atoms with Crippen LogP contribution >= 0.6 is 0 Å². The van der Waals surface area contributed by atoms with E-state index in [4.69, 9.17) is 11.5 Å². The second-order valence-corrected chi connectivity index (χ2v) is 3.41. The van der Waals surface area contributed by atoms with Crippen LogP contribution < -0.4 is 11.5 Å². The fourth-order valence-electron chi connectivity index (χ4n) is 1.87. The minimum absolute atomic E-state index is 0.732. The van der Waals surface area contributed by atoms with Crippen LogP contribution in [0.1, 0.15) is 24.0 Å². The Morgan fingerprint density at radius 3 is 2.58 bits per heavy atom. The van der Waals surface area contributed by atoms with Gasteiger partial charge in [0.25, 0.3) is 0 Å². The molecule has 1 aliphatic rings. The highest BCUT2D eigenvalue weighted by Crippen LogP contribution is 2.29. The first-order chi connectivity index (χ1) is 5.79. The van der Waals surface area contributed by atoms with Crippen molar-refractivity contribution >= 4 is 11.4 Å². The summed E-state index contributed by atoms with van der Waals surface area (Å²) in [5.41, 5.74) is 15.8. The molecule has 1 aromatic rings. The Labute approximate surface area is 72.6 Å². The van der Waals surface area contributed by atoms with Gasteiger partial charge in [-0.3, -0.25) is 0 Å². The minimum atomic E-state index is 0.732. The van der Waals surface area contributed by atoms with Crippen molar-refractivity contribution in [2.75, 3.05) is 11.5 Å². The minimum Gasteiger partial charge on any atom is -0.397 e. The first kappa shape index (κ1) is 7.47. The zero-order valence-corrected chi connectivity index (χ0v) is 7.14. The van der Waals surface area contributed by atoms with Gasteiger partial charge in [-0.05, 0) is 42.9 Å². The van der Waals surface area contributed by atoms with E-state index >= 15 is 0 Å². The SMILES string of the molecule is Nc1ccc2c(c1N)CCCC2. The summed E-state index contributed by atoms with van der Waals surface area (Å²) in [6.45, 7) is 0. The van der Waals surface area contributed by atoms with Crippen molar-refractivity contribution in [2.24, 2.45) is 0 Å². The summed E-state index contributed by atoms with van der Waals surface area (Å²) in [6, 6.07) is 4.03. The van der Waals surface area contributed by atoms with E-state index in [1.807, 2.05) is 6.07 Å². The van der Waals surface area contributed by atoms with Crippen molar-refractivity contribution in [1.29, 1.82) is 0 Å². The number of rotatable bonds is 0. The molecule has 1 aromatic carbocycles. The first-order valence-electron chi connectivity index (χ1n) is 4.45. The largest absolute Gasteiger partial charge is 0.397 e. The van der Waals surface area contributed by atoms with Gasteiger partial charge in [-0.15, -0.1) is 0 Å². The quantitative estimate of drug-likeness (QED) is 0.571. The molecule has 2 heteroatoms. The molecule has 4 N–H and O–H groups in total. The Balaban J connectivity index is 2.54. The predicted octanol–water partition coefficient (Wildman–Crippen LogP) is 1.73. The maximum atomic E-state index is 5.88. The maximum Gasteiger partial charge on any atom is 0.0583 e. The lowest BCUT2D eigenvalue weighted by molar-refractivity contribution is 0.687. The van der Waals surface area contributed by atoms with Crippen LogP contribution in [0.25, 0.3) is 0 Å². The number of hydrogen-bond donors (Lipinski definition) is 2. The summed E-state index contributed by atoms with van der Waals surface area (Å²) < 4.78 is 0. The fourth-order valence-corrected chi connectivity index (χ4v) is 1.87. The molecule has 0 fully saturated rings. The van der Waals surface area contributed by atoms with Crippen LogP contribution in [0.15, 0.2) is 12.1 Å². The zero-order chi connectivity index (χ0) is 8.55. The fraction of sp³-hybridized carbons (Fsp3) is 0.400. The first-order valence-corrected chi connectivity index (χ1v) is 4.45. The molecule has 0 unspecified atom stereocenters. The molecule has 0 radical (unpaired) electrons. The summed E-state index contributed by atoms with van der Waals surface area (Å²) in [6.07, 6.45) is 4.81. The number of nitrogens with two attached hydrogens (primary N) is 2. The van der Waals surface area contributed by atoms with Crippen LogP contribution in [-0.4, -0.2) is 0 Å². The van der Waals surface area contributed by atoms with Crippen LogP contribution in [0.3, 0.4) is 0 Å². The molecule has 0 amide bonds. The van der Waals surface area contributed by atoms with Crippen molar-refractivity contribution < 1.29 is 0 Å². The van der Waals surface area contributed by atoms with Crippen LogP contribution in [-0.2, 0) is 12.8 Å². The molecule has 0 spiro atoms. The van der Waals surface area contributed by atoms with E-state index in [-0.39, 0.29) is 0 Å². The second-order valence-electron chi connectivity index (χ2n) is 3.41. The van der Waals surface area contributed by atoms with Gasteiger partial charge in [0.2, 0.25) is 0 Å². The zero-order valence-electron chi connectivity index (χ0n) is 7.14. The Bertz CT molecular complexity index is 305. The Kier molecular flexibility index (Phi) is 1.68. The maximum absolute atomic E-state index is 5.88. The Hall–Kier alpha value is -1.18. The van der Waals surface area contributed by atoms with E-state index in [0.717, 1.165) is 17.8 Å². The molecule has 1 aliphatic carbocycles. The molecule has 0 heterocycles. The van der Waals surface area contributed by atoms with Crippen LogP contribution in [0, 0.1) is 0 Å². The smallest absolute Gasteiger partial charge is 0.0583 e. The Morgan fingerprint density at radius 1 is 1.00 bits per heavy atom. The third-order valence-corrected chi connectivity index (χ3v) is 2.61. The van der Waals surface area contributed by atoms with E-state index in [1.165, 1.54) is 30.4 Å². The van der Waals surface area contributed by atoms with Gasteiger partial charge >= 0.3 is 0 Å². The van der Waals surface area contributed by atoms with E-state index < -0.39 is 0 Å². The van der Waals surface area contributed by atoms with Crippen LogP contribution in [0.5, 0.6) is 0 Å². The molecule has 0 saturated heterocycles. The number of hydrogen-bond acceptors (Lipinski definition) is 2. The van der Waals surface area contributed by atoms with Crippen molar-refractivity contribution in [1.82, 2.24) is 0 Å². The molecular formula is C10H14N2. The van der Waals surface area contributed by atoms with Crippen molar-refractivity contribution in [3.8, 4) is 0 Å². The van der Waals surface area contributed by atoms with Crippen molar-refractivity contribution in [3.05, 3.63) is 23.3 Å². The van der Waals surface area contributed by atoms with Gasteiger partial charge in [0, 0.05) is 0 Å². The average Bonchev–Trinajstić information content (AvgIpc) is 2.12. The number of aryl methyl sites for hydroxylation is 1. The van der Waals surface area contributed by atoms with Crippen molar-refractivity contribution in [3.63, 3.8) is 0 Å². The Morgan fingerprint density at radius 2 is 1.75 bits per heavy atom. The van der Waals surface area contributed by atoms with Gasteiger partial charge in [-0.1, -0.05) is 6.07 Å². The van der Waals surface area contributed by atoms with Crippen LogP contribution in [0.2, 0.25) is 0 Å². The highest BCUT2D eigenvalue weighted by Gasteiger charge is 2.12. The summed E-state index contributed by atoms with van der Waals surface area (Å²) in [4.78, 5) is 0. The molecule has 0 saturated carbocycles. The molecule has 2 nitrogen and oxygen atoms in total. The van der Waals surface area contributed by atoms with Gasteiger partial charge < -0.3 is 11.5 Å². The van der Waals surface area contributed by atoms with E-state index in [1.54, 1.807) is 0 Å². The van der Waals surface area contributed by atoms with Crippen molar-refractivity contribution in [2.45, 2.75) is 25.7 Å². The second kappa shape index (κ2) is 2.70. The lowest BCUT2D eigenvalue weighted by atomic mass is 9.90. The van der Waals surface area contributed by atoms with Gasteiger partial charge in [-0.25, -0.2) is 0 Å². The third-order valence-electron chi connectivity index (χ3n) is 2.61. The summed E-state index contributed by atoms with van der Waals surface area (Å²) >= 11 is 0. The normalized spacial score (nSPS) is 15.7. The molecule has 12 heavy (non-hydrogen) atoms. The average molecular weight is 162 g/mol. The molecule has 0 atom stereocenters. The highest BCUT2D eigenvalue weighted by molar-refractivity contribution is 5.69.